The number of benzene rings is 2. The molecule has 0 bridgehead atoms. The van der Waals surface area contributed by atoms with Crippen molar-refractivity contribution in [2.24, 2.45) is 5.92 Å². The Morgan fingerprint density at radius 2 is 2.00 bits per heavy atom. The molecular formula is C24H29ClN2O2. The average Bonchev–Trinajstić information content (AvgIpc) is 2.64. The van der Waals surface area contributed by atoms with Gasteiger partial charge in [-0.3, -0.25) is 9.69 Å². The summed E-state index contributed by atoms with van der Waals surface area (Å²) in [5.74, 6) is -0.933. The van der Waals surface area contributed by atoms with Gasteiger partial charge >= 0.3 is 5.97 Å². The number of carboxylic acids is 1. The summed E-state index contributed by atoms with van der Waals surface area (Å²) in [6.07, 6.45) is 0.951. The molecule has 0 aromatic heterocycles. The molecule has 0 spiro atoms. The van der Waals surface area contributed by atoms with Crippen LogP contribution in [0.3, 0.4) is 0 Å². The summed E-state index contributed by atoms with van der Waals surface area (Å²) in [5, 5.41) is 13.5. The molecule has 3 rings (SSSR count). The van der Waals surface area contributed by atoms with E-state index >= 15 is 0 Å². The molecule has 0 unspecified atom stereocenters. The molecule has 2 aromatic rings. The Hall–Kier alpha value is -2.30. The number of aliphatic carboxylic acids is 1. The second-order valence-corrected chi connectivity index (χ2v) is 8.41. The van der Waals surface area contributed by atoms with E-state index in [1.54, 1.807) is 0 Å². The standard InChI is InChI=1S/C24H29ClN2O2/c1-5-17-6-8-21(11-19(17)12-27-13-20(14-27)24(28)29)26-23(15(2)3)18-7-9-22(25)16(4)10-18/h6-11,20,23,26H,2,5,12-14H2,1,3-4H3,(H,28,29)/t23-/m1/s1. The first-order valence-corrected chi connectivity index (χ1v) is 10.4. The normalized spacial score (nSPS) is 15.6. The lowest BCUT2D eigenvalue weighted by molar-refractivity contribution is -0.147. The lowest BCUT2D eigenvalue weighted by Crippen LogP contribution is -2.49. The van der Waals surface area contributed by atoms with Crippen LogP contribution in [0.1, 0.15) is 42.1 Å². The predicted octanol–water partition coefficient (Wildman–Crippen LogP) is 5.46. The van der Waals surface area contributed by atoms with Gasteiger partial charge in [-0.2, -0.15) is 0 Å². The van der Waals surface area contributed by atoms with Crippen LogP contribution in [-0.2, 0) is 17.8 Å². The van der Waals surface area contributed by atoms with Crippen molar-refractivity contribution in [2.45, 2.75) is 39.8 Å². The number of carbonyl (C=O) groups is 1. The van der Waals surface area contributed by atoms with E-state index in [1.807, 2.05) is 26.0 Å². The van der Waals surface area contributed by atoms with Gasteiger partial charge in [0, 0.05) is 30.3 Å². The van der Waals surface area contributed by atoms with Crippen LogP contribution >= 0.6 is 11.6 Å². The maximum Gasteiger partial charge on any atom is 0.309 e. The number of nitrogens with zero attached hydrogens (tertiary/aromatic N) is 1. The van der Waals surface area contributed by atoms with Crippen molar-refractivity contribution in [3.05, 3.63) is 75.8 Å². The molecule has 154 valence electrons. The Morgan fingerprint density at radius 3 is 2.59 bits per heavy atom. The van der Waals surface area contributed by atoms with Crippen molar-refractivity contribution in [3.63, 3.8) is 0 Å². The minimum absolute atomic E-state index is 0.00769. The molecule has 1 saturated heterocycles. The molecule has 4 nitrogen and oxygen atoms in total. The number of likely N-dealkylation sites (tertiary alicyclic amines) is 1. The third-order valence-electron chi connectivity index (χ3n) is 5.61. The highest BCUT2D eigenvalue weighted by molar-refractivity contribution is 6.31. The average molecular weight is 413 g/mol. The van der Waals surface area contributed by atoms with Gasteiger partial charge in [0.05, 0.1) is 12.0 Å². The maximum absolute atomic E-state index is 11.1. The van der Waals surface area contributed by atoms with Crippen LogP contribution in [0, 0.1) is 12.8 Å². The van der Waals surface area contributed by atoms with Crippen LogP contribution in [0.5, 0.6) is 0 Å². The van der Waals surface area contributed by atoms with Crippen molar-refractivity contribution in [1.29, 1.82) is 0 Å². The van der Waals surface area contributed by atoms with Crippen molar-refractivity contribution in [2.75, 3.05) is 18.4 Å². The number of hydrogen-bond acceptors (Lipinski definition) is 3. The van der Waals surface area contributed by atoms with Gasteiger partial charge in [0.25, 0.3) is 0 Å². The van der Waals surface area contributed by atoms with Crippen LogP contribution in [0.4, 0.5) is 5.69 Å². The number of aryl methyl sites for hydroxylation is 2. The molecule has 0 amide bonds. The largest absolute Gasteiger partial charge is 0.481 e. The molecule has 29 heavy (non-hydrogen) atoms. The Kier molecular flexibility index (Phi) is 6.66. The quantitative estimate of drug-likeness (QED) is 0.565. The Morgan fingerprint density at radius 1 is 1.28 bits per heavy atom. The summed E-state index contributed by atoms with van der Waals surface area (Å²) in [6, 6.07) is 12.5. The molecule has 0 saturated carbocycles. The van der Waals surface area contributed by atoms with Crippen LogP contribution in [-0.4, -0.2) is 29.1 Å². The van der Waals surface area contributed by atoms with E-state index in [9.17, 15) is 4.79 Å². The minimum Gasteiger partial charge on any atom is -0.481 e. The topological polar surface area (TPSA) is 52.6 Å². The fourth-order valence-electron chi connectivity index (χ4n) is 3.81. The van der Waals surface area contributed by atoms with Gasteiger partial charge in [-0.15, -0.1) is 0 Å². The minimum atomic E-state index is -0.699. The van der Waals surface area contributed by atoms with E-state index in [4.69, 9.17) is 16.7 Å². The van der Waals surface area contributed by atoms with Crippen molar-refractivity contribution < 1.29 is 9.90 Å². The van der Waals surface area contributed by atoms with Crippen molar-refractivity contribution in [3.8, 4) is 0 Å². The first kappa shape index (κ1) is 21.4. The van der Waals surface area contributed by atoms with Gasteiger partial charge in [-0.25, -0.2) is 0 Å². The highest BCUT2D eigenvalue weighted by atomic mass is 35.5. The molecule has 2 N–H and O–H groups in total. The number of rotatable bonds is 8. The lowest BCUT2D eigenvalue weighted by Gasteiger charge is -2.37. The molecule has 1 fully saturated rings. The zero-order valence-electron chi connectivity index (χ0n) is 17.3. The zero-order valence-corrected chi connectivity index (χ0v) is 18.1. The smallest absolute Gasteiger partial charge is 0.309 e. The fraction of sp³-hybridized carbons (Fsp3) is 0.375. The van der Waals surface area contributed by atoms with Crippen LogP contribution in [0.25, 0.3) is 0 Å². The summed E-state index contributed by atoms with van der Waals surface area (Å²) in [6.45, 7) is 12.4. The number of halogens is 1. The third-order valence-corrected chi connectivity index (χ3v) is 6.03. The second kappa shape index (κ2) is 9.02. The number of hydrogen-bond donors (Lipinski definition) is 2. The summed E-state index contributed by atoms with van der Waals surface area (Å²) in [7, 11) is 0. The van der Waals surface area contributed by atoms with Gasteiger partial charge in [-0.1, -0.05) is 48.9 Å². The summed E-state index contributed by atoms with van der Waals surface area (Å²) >= 11 is 6.19. The summed E-state index contributed by atoms with van der Waals surface area (Å²) in [4.78, 5) is 13.3. The second-order valence-electron chi connectivity index (χ2n) is 8.00. The monoisotopic (exact) mass is 412 g/mol. The SMILES string of the molecule is C=C(C)[C@@H](Nc1ccc(CC)c(CN2CC(C(=O)O)C2)c1)c1ccc(Cl)c(C)c1. The molecule has 1 heterocycles. The molecule has 0 aliphatic carbocycles. The maximum atomic E-state index is 11.1. The van der Waals surface area contributed by atoms with Crippen LogP contribution in [0.15, 0.2) is 48.6 Å². The van der Waals surface area contributed by atoms with Crippen molar-refractivity contribution >= 4 is 23.3 Å². The number of anilines is 1. The highest BCUT2D eigenvalue weighted by Gasteiger charge is 2.32. The Balaban J connectivity index is 1.79. The molecule has 1 aliphatic rings. The van der Waals surface area contributed by atoms with Crippen LogP contribution < -0.4 is 5.32 Å². The van der Waals surface area contributed by atoms with Gasteiger partial charge in [-0.05, 0) is 60.7 Å². The molecule has 2 aromatic carbocycles. The van der Waals surface area contributed by atoms with E-state index < -0.39 is 5.97 Å². The van der Waals surface area contributed by atoms with Crippen molar-refractivity contribution in [1.82, 2.24) is 4.90 Å². The van der Waals surface area contributed by atoms with Gasteiger partial charge < -0.3 is 10.4 Å². The van der Waals surface area contributed by atoms with Crippen LogP contribution in [0.2, 0.25) is 5.02 Å². The van der Waals surface area contributed by atoms with Gasteiger partial charge in [0.2, 0.25) is 0 Å². The molecule has 5 heteroatoms. The first-order valence-electron chi connectivity index (χ1n) is 10.0. The number of nitrogens with one attached hydrogen (secondary N) is 1. The molecular weight excluding hydrogens is 384 g/mol. The summed E-state index contributed by atoms with van der Waals surface area (Å²) in [5.41, 5.74) is 6.78. The Labute approximate surface area is 178 Å². The zero-order chi connectivity index (χ0) is 21.1. The Bertz CT molecular complexity index is 919. The predicted molar refractivity (Wildman–Crippen MR) is 120 cm³/mol. The highest BCUT2D eigenvalue weighted by Crippen LogP contribution is 2.30. The first-order chi connectivity index (χ1) is 13.8. The van der Waals surface area contributed by atoms with E-state index in [2.05, 4.69) is 48.0 Å². The van der Waals surface area contributed by atoms with E-state index in [0.29, 0.717) is 13.1 Å². The fourth-order valence-corrected chi connectivity index (χ4v) is 3.93. The molecule has 0 radical (unpaired) electrons. The molecule has 1 aliphatic heterocycles. The van der Waals surface area contributed by atoms with E-state index in [0.717, 1.165) is 40.4 Å². The third kappa shape index (κ3) is 5.01. The lowest BCUT2D eigenvalue weighted by atomic mass is 9.96. The molecule has 1 atom stereocenters. The van der Waals surface area contributed by atoms with Gasteiger partial charge in [0.15, 0.2) is 0 Å². The van der Waals surface area contributed by atoms with E-state index in [-0.39, 0.29) is 12.0 Å². The van der Waals surface area contributed by atoms with Gasteiger partial charge in [0.1, 0.15) is 0 Å². The number of carboxylic acid groups (broad SMARTS) is 1. The van der Waals surface area contributed by atoms with E-state index in [1.165, 1.54) is 11.1 Å². The summed E-state index contributed by atoms with van der Waals surface area (Å²) < 4.78 is 0.